The van der Waals surface area contributed by atoms with Crippen LogP contribution in [0, 0.1) is 0 Å². The Morgan fingerprint density at radius 1 is 1.03 bits per heavy atom. The van der Waals surface area contributed by atoms with Crippen LogP contribution in [-0.4, -0.2) is 21.9 Å². The number of hydrogen-bond acceptors (Lipinski definition) is 5. The van der Waals surface area contributed by atoms with Crippen molar-refractivity contribution in [1.29, 1.82) is 0 Å². The summed E-state index contributed by atoms with van der Waals surface area (Å²) in [5, 5.41) is 9.58. The second-order valence-electron chi connectivity index (χ2n) is 6.88. The first kappa shape index (κ1) is 19.1. The zero-order valence-electron chi connectivity index (χ0n) is 15.7. The summed E-state index contributed by atoms with van der Waals surface area (Å²) in [6.07, 6.45) is 7.37. The quantitative estimate of drug-likeness (QED) is 0.557. The molecule has 0 unspecified atom stereocenters. The van der Waals surface area contributed by atoms with Crippen molar-refractivity contribution in [2.45, 2.75) is 31.8 Å². The minimum absolute atomic E-state index is 0.122. The molecular formula is C21H21N5O2S. The topological polar surface area (TPSA) is 96.0 Å². The molecule has 8 heteroatoms. The number of nitrogens with zero attached hydrogens (tertiary/aromatic N) is 2. The third-order valence-electron chi connectivity index (χ3n) is 4.51. The molecule has 148 valence electrons. The van der Waals surface area contributed by atoms with Crippen LogP contribution in [0.2, 0.25) is 0 Å². The van der Waals surface area contributed by atoms with E-state index in [4.69, 9.17) is 0 Å². The van der Waals surface area contributed by atoms with Gasteiger partial charge in [0.2, 0.25) is 0 Å². The summed E-state index contributed by atoms with van der Waals surface area (Å²) in [5.41, 5.74) is 2.54. The molecule has 3 aromatic rings. The van der Waals surface area contributed by atoms with Gasteiger partial charge in [0.25, 0.3) is 5.91 Å². The van der Waals surface area contributed by atoms with Gasteiger partial charge in [0.05, 0.1) is 11.2 Å². The molecule has 0 atom stereocenters. The number of anilines is 1. The van der Waals surface area contributed by atoms with Gasteiger partial charge in [0, 0.05) is 37.1 Å². The maximum Gasteiger partial charge on any atom is 0.319 e. The monoisotopic (exact) mass is 407 g/mol. The summed E-state index contributed by atoms with van der Waals surface area (Å²) >= 11 is 1.47. The summed E-state index contributed by atoms with van der Waals surface area (Å²) < 4.78 is 0. The van der Waals surface area contributed by atoms with Gasteiger partial charge >= 0.3 is 6.03 Å². The van der Waals surface area contributed by atoms with Crippen LogP contribution in [0.25, 0.3) is 0 Å². The first-order valence-electron chi connectivity index (χ1n) is 9.44. The molecule has 2 aromatic heterocycles. The van der Waals surface area contributed by atoms with E-state index in [0.29, 0.717) is 29.6 Å². The van der Waals surface area contributed by atoms with Gasteiger partial charge in [-0.05, 0) is 48.2 Å². The molecule has 0 radical (unpaired) electrons. The molecule has 0 saturated heterocycles. The Morgan fingerprint density at radius 2 is 1.83 bits per heavy atom. The normalized spacial score (nSPS) is 13.0. The van der Waals surface area contributed by atoms with Crippen LogP contribution in [0.1, 0.15) is 44.6 Å². The highest BCUT2D eigenvalue weighted by Crippen LogP contribution is 2.41. The average Bonchev–Trinajstić information content (AvgIpc) is 3.48. The predicted molar refractivity (Wildman–Crippen MR) is 112 cm³/mol. The molecule has 0 spiro atoms. The lowest BCUT2D eigenvalue weighted by atomic mass is 10.2. The minimum atomic E-state index is -0.291. The lowest BCUT2D eigenvalue weighted by Gasteiger charge is -2.09. The summed E-state index contributed by atoms with van der Waals surface area (Å²) in [4.78, 5) is 33.4. The number of thiazole rings is 1. The van der Waals surface area contributed by atoms with Crippen molar-refractivity contribution in [3.63, 3.8) is 0 Å². The van der Waals surface area contributed by atoms with E-state index in [2.05, 4.69) is 25.9 Å². The summed E-state index contributed by atoms with van der Waals surface area (Å²) in [7, 11) is 0. The molecule has 1 aliphatic carbocycles. The van der Waals surface area contributed by atoms with Gasteiger partial charge in [-0.25, -0.2) is 9.78 Å². The third kappa shape index (κ3) is 5.39. The van der Waals surface area contributed by atoms with E-state index < -0.39 is 0 Å². The fourth-order valence-corrected chi connectivity index (χ4v) is 3.80. The Morgan fingerprint density at radius 3 is 2.62 bits per heavy atom. The largest absolute Gasteiger partial charge is 0.347 e. The Bertz CT molecular complexity index is 1000. The van der Waals surface area contributed by atoms with Crippen molar-refractivity contribution in [1.82, 2.24) is 20.6 Å². The number of urea groups is 1. The van der Waals surface area contributed by atoms with E-state index >= 15 is 0 Å². The van der Waals surface area contributed by atoms with E-state index in [0.717, 1.165) is 16.1 Å². The van der Waals surface area contributed by atoms with Crippen LogP contribution in [-0.2, 0) is 13.1 Å². The zero-order chi connectivity index (χ0) is 20.1. The van der Waals surface area contributed by atoms with Gasteiger partial charge in [-0.1, -0.05) is 12.1 Å². The number of aromatic nitrogens is 2. The maximum absolute atomic E-state index is 12.3. The second-order valence-corrected chi connectivity index (χ2v) is 7.95. The van der Waals surface area contributed by atoms with Gasteiger partial charge in [-0.2, -0.15) is 0 Å². The van der Waals surface area contributed by atoms with Gasteiger partial charge in [-0.15, -0.1) is 11.3 Å². The van der Waals surface area contributed by atoms with Gasteiger partial charge in [-0.3, -0.25) is 9.78 Å². The Hall–Kier alpha value is -3.26. The van der Waals surface area contributed by atoms with Crippen molar-refractivity contribution in [2.24, 2.45) is 0 Å². The van der Waals surface area contributed by atoms with E-state index in [9.17, 15) is 9.59 Å². The van der Waals surface area contributed by atoms with Crippen molar-refractivity contribution in [3.8, 4) is 0 Å². The number of rotatable bonds is 7. The van der Waals surface area contributed by atoms with Crippen LogP contribution in [0.15, 0.2) is 55.0 Å². The molecule has 2 heterocycles. The van der Waals surface area contributed by atoms with Crippen molar-refractivity contribution < 1.29 is 9.59 Å². The molecular weight excluding hydrogens is 386 g/mol. The molecule has 0 bridgehead atoms. The SMILES string of the molecule is O=C(NCc1ccncc1)Nc1cccc(CNC(=O)c2cnc(C3CC3)s2)c1. The summed E-state index contributed by atoms with van der Waals surface area (Å²) in [6, 6.07) is 10.8. The Balaban J connectivity index is 1.27. The average molecular weight is 407 g/mol. The lowest BCUT2D eigenvalue weighted by Crippen LogP contribution is -2.28. The third-order valence-corrected chi connectivity index (χ3v) is 5.67. The fourth-order valence-electron chi connectivity index (χ4n) is 2.80. The van der Waals surface area contributed by atoms with Crippen LogP contribution in [0.4, 0.5) is 10.5 Å². The lowest BCUT2D eigenvalue weighted by molar-refractivity contribution is 0.0954. The molecule has 1 saturated carbocycles. The maximum atomic E-state index is 12.3. The van der Waals surface area contributed by atoms with E-state index in [1.807, 2.05) is 36.4 Å². The van der Waals surface area contributed by atoms with Crippen LogP contribution in [0.5, 0.6) is 0 Å². The second kappa shape index (κ2) is 8.83. The summed E-state index contributed by atoms with van der Waals surface area (Å²) in [5.74, 6) is 0.428. The van der Waals surface area contributed by atoms with Gasteiger partial charge in [0.15, 0.2) is 0 Å². The highest BCUT2D eigenvalue weighted by Gasteiger charge is 2.27. The molecule has 7 nitrogen and oxygen atoms in total. The zero-order valence-corrected chi connectivity index (χ0v) is 16.5. The number of hydrogen-bond donors (Lipinski definition) is 3. The van der Waals surface area contributed by atoms with Crippen LogP contribution in [0.3, 0.4) is 0 Å². The number of carbonyl (C=O) groups is 2. The molecule has 4 rings (SSSR count). The van der Waals surface area contributed by atoms with Crippen molar-refractivity contribution >= 4 is 29.0 Å². The number of pyridine rings is 1. The molecule has 3 N–H and O–H groups in total. The Labute approximate surface area is 172 Å². The van der Waals surface area contributed by atoms with Crippen LogP contribution < -0.4 is 16.0 Å². The van der Waals surface area contributed by atoms with Gasteiger partial charge < -0.3 is 16.0 Å². The molecule has 0 aliphatic heterocycles. The highest BCUT2D eigenvalue weighted by atomic mass is 32.1. The van der Waals surface area contributed by atoms with Crippen molar-refractivity contribution in [2.75, 3.05) is 5.32 Å². The predicted octanol–water partition coefficient (Wildman–Crippen LogP) is 3.67. The first-order chi connectivity index (χ1) is 14.2. The van der Waals surface area contributed by atoms with E-state index in [1.54, 1.807) is 18.6 Å². The van der Waals surface area contributed by atoms with Crippen LogP contribution >= 0.6 is 11.3 Å². The standard InChI is InChI=1S/C21H21N5O2S/c27-19(18-13-24-20(29-18)16-4-5-16)23-12-15-2-1-3-17(10-15)26-21(28)25-11-14-6-8-22-9-7-14/h1-3,6-10,13,16H,4-5,11-12H2,(H,23,27)(H2,25,26,28). The number of benzene rings is 1. The highest BCUT2D eigenvalue weighted by molar-refractivity contribution is 7.13. The minimum Gasteiger partial charge on any atom is -0.347 e. The molecule has 29 heavy (non-hydrogen) atoms. The number of amides is 3. The fraction of sp³-hybridized carbons (Fsp3) is 0.238. The number of carbonyl (C=O) groups excluding carboxylic acids is 2. The molecule has 1 aliphatic rings. The molecule has 1 aromatic carbocycles. The van der Waals surface area contributed by atoms with E-state index in [-0.39, 0.29) is 11.9 Å². The first-order valence-corrected chi connectivity index (χ1v) is 10.3. The summed E-state index contributed by atoms with van der Waals surface area (Å²) in [6.45, 7) is 0.797. The number of nitrogens with one attached hydrogen (secondary N) is 3. The smallest absolute Gasteiger partial charge is 0.319 e. The Kier molecular flexibility index (Phi) is 5.81. The molecule has 3 amide bonds. The van der Waals surface area contributed by atoms with E-state index in [1.165, 1.54) is 24.2 Å². The molecule has 1 fully saturated rings. The van der Waals surface area contributed by atoms with Crippen molar-refractivity contribution in [3.05, 3.63) is 76.0 Å². The van der Waals surface area contributed by atoms with Gasteiger partial charge in [0.1, 0.15) is 4.88 Å².